The zero-order valence-electron chi connectivity index (χ0n) is 47.7. The van der Waals surface area contributed by atoms with Gasteiger partial charge < -0.3 is 43.6 Å². The molecule has 24 heteroatoms. The number of hydrogen-bond donors (Lipinski definition) is 0. The first kappa shape index (κ1) is 57.5. The summed E-state index contributed by atoms with van der Waals surface area (Å²) in [5.74, 6) is -0.995. The average Bonchev–Trinajstić information content (AvgIpc) is 2.90. The Morgan fingerprint density at radius 1 is 0.322 bits per heavy atom. The minimum Gasteiger partial charge on any atom is -0.378 e. The highest BCUT2D eigenvalue weighted by Gasteiger charge is 2.33. The minimum absolute atomic E-state index is 0.0540. The fraction of sp³-hybridized carbons (Fsp3) is 0.381. The van der Waals surface area contributed by atoms with Crippen LogP contribution < -0.4 is 29.4 Å². The molecular weight excluding hydrogens is 1130 g/mol. The van der Waals surface area contributed by atoms with Gasteiger partial charge in [-0.05, 0) is 74.9 Å². The summed E-state index contributed by atoms with van der Waals surface area (Å²) in [5, 5.41) is 0. The Kier molecular flexibility index (Phi) is 17.0. The van der Waals surface area contributed by atoms with Gasteiger partial charge in [0.05, 0.1) is 111 Å². The van der Waals surface area contributed by atoms with Crippen molar-refractivity contribution in [1.82, 2.24) is 44.9 Å². The maximum Gasteiger partial charge on any atom is 0.148 e. The molecule has 18 nitrogen and oxygen atoms in total. The molecule has 6 fully saturated rings. The largest absolute Gasteiger partial charge is 0.378 e. The molecule has 87 heavy (non-hydrogen) atoms. The van der Waals surface area contributed by atoms with Crippen LogP contribution in [0.4, 0.5) is 60.9 Å². The molecule has 0 amide bonds. The van der Waals surface area contributed by atoms with Gasteiger partial charge in [0.25, 0.3) is 0 Å². The zero-order valence-corrected chi connectivity index (χ0v) is 47.7. The molecular formula is C63H63F6N15O3. The molecule has 0 saturated carbocycles. The van der Waals surface area contributed by atoms with Crippen LogP contribution in [0.3, 0.4) is 0 Å². The number of morpholine rings is 3. The third kappa shape index (κ3) is 12.7. The highest BCUT2D eigenvalue weighted by Crippen LogP contribution is 2.42. The highest BCUT2D eigenvalue weighted by atomic mass is 19.2. The smallest absolute Gasteiger partial charge is 0.148 e. The summed E-state index contributed by atoms with van der Waals surface area (Å²) >= 11 is 0. The Bertz CT molecular complexity index is 3460. The molecule has 0 aliphatic carbocycles. The van der Waals surface area contributed by atoms with Crippen molar-refractivity contribution in [2.75, 3.05) is 128 Å². The van der Waals surface area contributed by atoms with Crippen molar-refractivity contribution in [2.45, 2.75) is 56.7 Å². The van der Waals surface area contributed by atoms with Crippen LogP contribution in [-0.2, 0) is 14.2 Å². The summed E-state index contributed by atoms with van der Waals surface area (Å²) in [5.41, 5.74) is 8.96. The van der Waals surface area contributed by atoms with Crippen LogP contribution in [0.5, 0.6) is 0 Å². The van der Waals surface area contributed by atoms with Gasteiger partial charge in [0.15, 0.2) is 0 Å². The maximum atomic E-state index is 13.8. The lowest BCUT2D eigenvalue weighted by molar-refractivity contribution is 0.122. The van der Waals surface area contributed by atoms with Gasteiger partial charge in [-0.25, -0.2) is 56.2 Å². The predicted molar refractivity (Wildman–Crippen MR) is 318 cm³/mol. The van der Waals surface area contributed by atoms with Gasteiger partial charge in [0, 0.05) is 129 Å². The number of anilines is 6. The number of hydrogen-bond acceptors (Lipinski definition) is 18. The second kappa shape index (κ2) is 25.8. The summed E-state index contributed by atoms with van der Waals surface area (Å²) in [7, 11) is 0. The second-order valence-corrected chi connectivity index (χ2v) is 22.2. The Morgan fingerprint density at radius 2 is 0.586 bits per heavy atom. The summed E-state index contributed by atoms with van der Waals surface area (Å²) in [6.07, 6.45) is 21.2. The lowest BCUT2D eigenvalue weighted by Gasteiger charge is -2.29. The van der Waals surface area contributed by atoms with E-state index in [1.165, 1.54) is 36.4 Å². The van der Waals surface area contributed by atoms with Crippen molar-refractivity contribution in [3.8, 4) is 0 Å². The first-order valence-corrected chi connectivity index (χ1v) is 29.5. The van der Waals surface area contributed by atoms with Crippen LogP contribution >= 0.6 is 0 Å². The fourth-order valence-corrected chi connectivity index (χ4v) is 12.7. The molecule has 12 heterocycles. The van der Waals surface area contributed by atoms with E-state index in [4.69, 9.17) is 29.2 Å². The van der Waals surface area contributed by atoms with E-state index >= 15 is 0 Å². The zero-order chi connectivity index (χ0) is 59.4. The van der Waals surface area contributed by atoms with Crippen LogP contribution in [0, 0.1) is 34.9 Å². The van der Waals surface area contributed by atoms with Gasteiger partial charge in [-0.3, -0.25) is 15.0 Å². The Balaban J connectivity index is 0.000000121. The van der Waals surface area contributed by atoms with E-state index in [1.807, 2.05) is 14.7 Å². The van der Waals surface area contributed by atoms with E-state index < -0.39 is 34.9 Å². The third-order valence-electron chi connectivity index (χ3n) is 16.8. The molecule has 450 valence electrons. The topological polar surface area (TPSA) is 163 Å². The molecule has 6 saturated heterocycles. The molecule has 15 rings (SSSR count). The van der Waals surface area contributed by atoms with E-state index in [1.54, 1.807) is 55.8 Å². The fourth-order valence-electron chi connectivity index (χ4n) is 12.7. The van der Waals surface area contributed by atoms with Crippen LogP contribution in [0.25, 0.3) is 33.1 Å². The van der Waals surface area contributed by atoms with Gasteiger partial charge in [0.1, 0.15) is 68.9 Å². The minimum atomic E-state index is -0.573. The molecule has 0 bridgehead atoms. The number of nitrogens with zero attached hydrogens (tertiary/aromatic N) is 15. The Morgan fingerprint density at radius 3 is 0.851 bits per heavy atom. The summed E-state index contributed by atoms with van der Waals surface area (Å²) in [6.45, 7) is 10.9. The lowest BCUT2D eigenvalue weighted by atomic mass is 10.0. The van der Waals surface area contributed by atoms with Crippen molar-refractivity contribution < 1.29 is 40.6 Å². The van der Waals surface area contributed by atoms with E-state index in [0.29, 0.717) is 56.7 Å². The molecule has 6 aromatic heterocycles. The third-order valence-corrected chi connectivity index (χ3v) is 16.8. The Hall–Kier alpha value is -8.61. The maximum absolute atomic E-state index is 13.8. The molecule has 3 unspecified atom stereocenters. The van der Waals surface area contributed by atoms with Crippen molar-refractivity contribution in [3.05, 3.63) is 162 Å². The molecule has 0 spiro atoms. The van der Waals surface area contributed by atoms with Crippen molar-refractivity contribution in [2.24, 2.45) is 0 Å². The van der Waals surface area contributed by atoms with Crippen LogP contribution in [0.1, 0.15) is 73.3 Å². The van der Waals surface area contributed by atoms with Crippen molar-refractivity contribution in [3.63, 3.8) is 0 Å². The van der Waals surface area contributed by atoms with Crippen LogP contribution in [0.2, 0.25) is 0 Å². The second-order valence-electron chi connectivity index (χ2n) is 22.2. The number of aromatic nitrogens is 9. The summed E-state index contributed by atoms with van der Waals surface area (Å²) in [4.78, 5) is 54.0. The normalized spacial score (nSPS) is 19.9. The molecule has 6 aliphatic rings. The quantitative estimate of drug-likeness (QED) is 0.125. The first-order valence-electron chi connectivity index (χ1n) is 29.5. The van der Waals surface area contributed by atoms with E-state index in [0.717, 1.165) is 183 Å². The highest BCUT2D eigenvalue weighted by molar-refractivity contribution is 5.82. The average molecular weight is 1190 g/mol. The van der Waals surface area contributed by atoms with Crippen molar-refractivity contribution >= 4 is 67.6 Å². The molecule has 0 radical (unpaired) electrons. The van der Waals surface area contributed by atoms with E-state index in [2.05, 4.69) is 44.6 Å². The molecule has 9 aromatic rings. The van der Waals surface area contributed by atoms with E-state index in [-0.39, 0.29) is 18.1 Å². The summed E-state index contributed by atoms with van der Waals surface area (Å²) in [6, 6.07) is 10.8. The number of rotatable bonds is 9. The molecule has 3 atom stereocenters. The number of benzene rings is 3. The number of fused-ring (bicyclic) bond motifs is 3. The van der Waals surface area contributed by atoms with Crippen LogP contribution in [0.15, 0.2) is 110 Å². The Labute approximate surface area is 497 Å². The predicted octanol–water partition coefficient (Wildman–Crippen LogP) is 10.4. The van der Waals surface area contributed by atoms with Gasteiger partial charge in [0.2, 0.25) is 0 Å². The van der Waals surface area contributed by atoms with Crippen molar-refractivity contribution in [1.29, 1.82) is 0 Å². The molecule has 0 N–H and O–H groups in total. The number of ether oxygens (including phenoxy) is 3. The number of halogens is 6. The lowest BCUT2D eigenvalue weighted by Crippen LogP contribution is -2.36. The summed E-state index contributed by atoms with van der Waals surface area (Å²) < 4.78 is 99.1. The van der Waals surface area contributed by atoms with Gasteiger partial charge in [-0.15, -0.1) is 0 Å². The van der Waals surface area contributed by atoms with Gasteiger partial charge in [-0.1, -0.05) is 0 Å². The molecule has 6 aliphatic heterocycles. The number of pyridine rings is 3. The molecule has 3 aromatic carbocycles. The van der Waals surface area contributed by atoms with Gasteiger partial charge >= 0.3 is 0 Å². The van der Waals surface area contributed by atoms with Gasteiger partial charge in [-0.2, -0.15) is 0 Å². The first-order chi connectivity index (χ1) is 42.6. The SMILES string of the molecule is Fc1cc(F)cc(N2CCCC2c2cncc3ncc(N4CCOCC4)nc23)c1.Fc1cc(F)cc(N2CCCC2c2cncc3ncc(N4CCOCC4)nc23)c1.Fc1cc(F)cc(N2CCCC2c2cncc3ncc(N4CCOCC4)nc23)c1. The monoisotopic (exact) mass is 1190 g/mol. The van der Waals surface area contributed by atoms with E-state index in [9.17, 15) is 26.3 Å². The standard InChI is InChI=1S/3C21H21F2N5O/c3*22-14-8-15(23)10-16(9-14)28-3-1-2-19(28)17-11-24-12-18-21(17)26-20(13-25-18)27-4-6-29-7-5-27/h3*8-13,19H,1-7H2. The van der Waals surface area contributed by atoms with Crippen LogP contribution in [-0.4, -0.2) is 143 Å².